The first kappa shape index (κ1) is 25.5. The monoisotopic (exact) mass is 500 g/mol. The lowest BCUT2D eigenvalue weighted by Gasteiger charge is -2.23. The summed E-state index contributed by atoms with van der Waals surface area (Å²) in [6, 6.07) is 14.8. The molecule has 196 valence electrons. The van der Waals surface area contributed by atoms with Gasteiger partial charge in [-0.05, 0) is 92.8 Å². The van der Waals surface area contributed by atoms with Crippen LogP contribution in [0.1, 0.15) is 71.4 Å². The van der Waals surface area contributed by atoms with E-state index in [-0.39, 0.29) is 5.91 Å². The van der Waals surface area contributed by atoms with Crippen LogP contribution in [0.5, 0.6) is 5.75 Å². The van der Waals surface area contributed by atoms with Crippen LogP contribution in [0.2, 0.25) is 0 Å². The van der Waals surface area contributed by atoms with Gasteiger partial charge in [-0.15, -0.1) is 0 Å². The van der Waals surface area contributed by atoms with E-state index in [1.54, 1.807) is 0 Å². The van der Waals surface area contributed by atoms with Crippen LogP contribution in [0.4, 0.5) is 0 Å². The third-order valence-electron chi connectivity index (χ3n) is 7.49. The third-order valence-corrected chi connectivity index (χ3v) is 7.49. The standard InChI is InChI=1S/C31H40N4O2/c1-24-32-14-17-35(24)16-6-13-33-31(36)28-11-12-30-29(21-28)20-26-7-5-8-27(19-26)23-34(22-25-9-10-25)15-3-2-4-18-37-30/h5,7-8,11-12,14,17,19,21,25H,2-4,6,9-10,13,15-16,18,20,22-23H2,1H3,(H,33,36). The number of ether oxygens (including phenoxy) is 1. The Morgan fingerprint density at radius 1 is 1.11 bits per heavy atom. The quantitative estimate of drug-likeness (QED) is 0.443. The maximum Gasteiger partial charge on any atom is 0.251 e. The Labute approximate surface area is 221 Å². The van der Waals surface area contributed by atoms with Crippen molar-refractivity contribution in [3.8, 4) is 5.75 Å². The van der Waals surface area contributed by atoms with Gasteiger partial charge in [0.15, 0.2) is 0 Å². The Kier molecular flexibility index (Phi) is 8.57. The van der Waals surface area contributed by atoms with Crippen molar-refractivity contribution in [2.75, 3.05) is 26.2 Å². The number of imidazole rings is 1. The predicted octanol–water partition coefficient (Wildman–Crippen LogP) is 5.38. The van der Waals surface area contributed by atoms with Crippen molar-refractivity contribution < 1.29 is 9.53 Å². The highest BCUT2D eigenvalue weighted by atomic mass is 16.5. The number of benzene rings is 2. The third kappa shape index (κ3) is 7.45. The minimum absolute atomic E-state index is 0.0333. The number of hydrogen-bond donors (Lipinski definition) is 1. The zero-order chi connectivity index (χ0) is 25.5. The minimum atomic E-state index is -0.0333. The van der Waals surface area contributed by atoms with Gasteiger partial charge >= 0.3 is 0 Å². The first-order valence-corrected chi connectivity index (χ1v) is 14.0. The maximum atomic E-state index is 12.9. The van der Waals surface area contributed by atoms with Crippen molar-refractivity contribution in [2.24, 2.45) is 5.92 Å². The molecule has 1 N–H and O–H groups in total. The van der Waals surface area contributed by atoms with Crippen LogP contribution in [-0.2, 0) is 19.5 Å². The van der Waals surface area contributed by atoms with E-state index >= 15 is 0 Å². The van der Waals surface area contributed by atoms with Gasteiger partial charge in [0, 0.05) is 50.6 Å². The Bertz CT molecular complexity index is 1180. The summed E-state index contributed by atoms with van der Waals surface area (Å²) in [4.78, 5) is 19.9. The summed E-state index contributed by atoms with van der Waals surface area (Å²) in [6.45, 7) is 7.60. The van der Waals surface area contributed by atoms with E-state index in [4.69, 9.17) is 4.74 Å². The molecule has 0 saturated heterocycles. The predicted molar refractivity (Wildman–Crippen MR) is 147 cm³/mol. The topological polar surface area (TPSA) is 59.4 Å². The van der Waals surface area contributed by atoms with E-state index in [0.717, 1.165) is 68.6 Å². The van der Waals surface area contributed by atoms with E-state index in [0.29, 0.717) is 12.1 Å². The molecule has 1 fully saturated rings. The number of nitrogens with one attached hydrogen (secondary N) is 1. The normalized spacial score (nSPS) is 16.9. The molecule has 1 aliphatic carbocycles. The Morgan fingerprint density at radius 3 is 2.84 bits per heavy atom. The molecular weight excluding hydrogens is 460 g/mol. The second-order valence-electron chi connectivity index (χ2n) is 10.7. The summed E-state index contributed by atoms with van der Waals surface area (Å²) in [7, 11) is 0. The Balaban J connectivity index is 1.27. The summed E-state index contributed by atoms with van der Waals surface area (Å²) in [6.07, 6.45) is 11.6. The molecule has 0 atom stereocenters. The van der Waals surface area contributed by atoms with Crippen molar-refractivity contribution in [1.29, 1.82) is 0 Å². The lowest BCUT2D eigenvalue weighted by molar-refractivity contribution is 0.0952. The zero-order valence-corrected chi connectivity index (χ0v) is 22.1. The highest BCUT2D eigenvalue weighted by Crippen LogP contribution is 2.31. The fourth-order valence-corrected chi connectivity index (χ4v) is 5.21. The summed E-state index contributed by atoms with van der Waals surface area (Å²) in [5.74, 6) is 2.76. The summed E-state index contributed by atoms with van der Waals surface area (Å²) in [5, 5.41) is 3.08. The van der Waals surface area contributed by atoms with E-state index in [1.165, 1.54) is 43.4 Å². The molecule has 2 bridgehead atoms. The second-order valence-corrected chi connectivity index (χ2v) is 10.7. The highest BCUT2D eigenvalue weighted by Gasteiger charge is 2.24. The summed E-state index contributed by atoms with van der Waals surface area (Å²) in [5.41, 5.74) is 4.40. The molecule has 0 unspecified atom stereocenters. The summed E-state index contributed by atoms with van der Waals surface area (Å²) < 4.78 is 8.34. The molecule has 1 aliphatic heterocycles. The van der Waals surface area contributed by atoms with E-state index in [9.17, 15) is 4.79 Å². The van der Waals surface area contributed by atoms with Gasteiger partial charge in [-0.3, -0.25) is 9.69 Å². The first-order chi connectivity index (χ1) is 18.1. The molecular formula is C31H40N4O2. The number of fused-ring (bicyclic) bond motifs is 3. The van der Waals surface area contributed by atoms with Gasteiger partial charge in [-0.25, -0.2) is 4.98 Å². The van der Waals surface area contributed by atoms with Crippen LogP contribution >= 0.6 is 0 Å². The molecule has 37 heavy (non-hydrogen) atoms. The number of rotatable bonds is 7. The van der Waals surface area contributed by atoms with E-state index in [2.05, 4.69) is 44.0 Å². The fraction of sp³-hybridized carbons (Fsp3) is 0.484. The van der Waals surface area contributed by atoms with Crippen molar-refractivity contribution in [1.82, 2.24) is 19.8 Å². The number of carbonyl (C=O) groups is 1. The van der Waals surface area contributed by atoms with Crippen molar-refractivity contribution in [3.05, 3.63) is 82.9 Å². The van der Waals surface area contributed by atoms with Gasteiger partial charge in [-0.1, -0.05) is 24.3 Å². The van der Waals surface area contributed by atoms with Gasteiger partial charge in [0.05, 0.1) is 6.61 Å². The van der Waals surface area contributed by atoms with Crippen molar-refractivity contribution >= 4 is 5.91 Å². The first-order valence-electron chi connectivity index (χ1n) is 14.0. The molecule has 2 aromatic carbocycles. The van der Waals surface area contributed by atoms with Gasteiger partial charge < -0.3 is 14.6 Å². The summed E-state index contributed by atoms with van der Waals surface area (Å²) >= 11 is 0. The molecule has 1 aromatic heterocycles. The van der Waals surface area contributed by atoms with E-state index < -0.39 is 0 Å². The van der Waals surface area contributed by atoms with Crippen LogP contribution in [-0.4, -0.2) is 46.6 Å². The molecule has 2 aliphatic rings. The molecule has 1 saturated carbocycles. The lowest BCUT2D eigenvalue weighted by atomic mass is 9.99. The number of nitrogens with zero attached hydrogens (tertiary/aromatic N) is 3. The van der Waals surface area contributed by atoms with E-state index in [1.807, 2.05) is 37.5 Å². The van der Waals surface area contributed by atoms with Crippen LogP contribution < -0.4 is 10.1 Å². The number of amides is 1. The second kappa shape index (κ2) is 12.4. The molecule has 2 heterocycles. The molecule has 3 aromatic rings. The molecule has 6 nitrogen and oxygen atoms in total. The fourth-order valence-electron chi connectivity index (χ4n) is 5.21. The minimum Gasteiger partial charge on any atom is -0.493 e. The maximum absolute atomic E-state index is 12.9. The van der Waals surface area contributed by atoms with Gasteiger partial charge in [-0.2, -0.15) is 0 Å². The number of aromatic nitrogens is 2. The van der Waals surface area contributed by atoms with Crippen molar-refractivity contribution in [2.45, 2.75) is 65.0 Å². The molecule has 0 spiro atoms. The van der Waals surface area contributed by atoms with Crippen LogP contribution in [0.3, 0.4) is 0 Å². The van der Waals surface area contributed by atoms with Gasteiger partial charge in [0.1, 0.15) is 11.6 Å². The average molecular weight is 501 g/mol. The largest absolute Gasteiger partial charge is 0.493 e. The van der Waals surface area contributed by atoms with Crippen LogP contribution in [0.15, 0.2) is 54.9 Å². The van der Waals surface area contributed by atoms with Crippen molar-refractivity contribution in [3.63, 3.8) is 0 Å². The number of carbonyl (C=O) groups excluding carboxylic acids is 1. The van der Waals surface area contributed by atoms with Gasteiger partial charge in [0.2, 0.25) is 0 Å². The number of aryl methyl sites for hydroxylation is 2. The SMILES string of the molecule is Cc1nccn1CCCNC(=O)c1ccc2c(c1)Cc1cccc(c1)CN(CC1CC1)CCCCCO2. The van der Waals surface area contributed by atoms with Gasteiger partial charge in [0.25, 0.3) is 5.91 Å². The highest BCUT2D eigenvalue weighted by molar-refractivity contribution is 5.94. The Hall–Kier alpha value is -3.12. The molecule has 5 rings (SSSR count). The number of hydrogen-bond acceptors (Lipinski definition) is 4. The van der Waals surface area contributed by atoms with Crippen LogP contribution in [0.25, 0.3) is 0 Å². The zero-order valence-electron chi connectivity index (χ0n) is 22.1. The van der Waals surface area contributed by atoms with Crippen LogP contribution in [0, 0.1) is 12.8 Å². The average Bonchev–Trinajstić information content (AvgIpc) is 3.62. The Morgan fingerprint density at radius 2 is 2.00 bits per heavy atom. The smallest absolute Gasteiger partial charge is 0.251 e. The lowest BCUT2D eigenvalue weighted by Crippen LogP contribution is -2.27. The molecule has 0 radical (unpaired) electrons. The molecule has 6 heteroatoms. The molecule has 1 amide bonds.